The second-order valence-corrected chi connectivity index (χ2v) is 6.34. The van der Waals surface area contributed by atoms with Crippen molar-refractivity contribution >= 4 is 21.5 Å². The maximum atomic E-state index is 10.5. The van der Waals surface area contributed by atoms with E-state index >= 15 is 0 Å². The number of hydrogen-bond acceptors (Lipinski definition) is 3. The number of aliphatic hydroxyl groups excluding tert-OH is 2. The zero-order valence-electron chi connectivity index (χ0n) is 12.2. The lowest BCUT2D eigenvalue weighted by Gasteiger charge is -2.26. The zero-order valence-corrected chi connectivity index (χ0v) is 12.2. The van der Waals surface area contributed by atoms with E-state index in [2.05, 4.69) is 30.3 Å². The van der Waals surface area contributed by atoms with E-state index in [1.807, 2.05) is 19.1 Å². The van der Waals surface area contributed by atoms with Gasteiger partial charge >= 0.3 is 0 Å². The van der Waals surface area contributed by atoms with Crippen LogP contribution in [-0.2, 0) is 4.74 Å². The number of benzene rings is 3. The molecule has 3 heteroatoms. The first kappa shape index (κ1) is 12.6. The topological polar surface area (TPSA) is 53.0 Å². The number of aliphatic hydroxyl groups is 2. The summed E-state index contributed by atoms with van der Waals surface area (Å²) >= 11 is 0. The molecule has 3 aromatic rings. The smallest absolute Gasteiger partial charge is 0.118 e. The van der Waals surface area contributed by atoms with Crippen molar-refractivity contribution in [2.75, 3.05) is 0 Å². The molecule has 1 aliphatic heterocycles. The van der Waals surface area contributed by atoms with Gasteiger partial charge in [0.25, 0.3) is 0 Å². The van der Waals surface area contributed by atoms with Gasteiger partial charge in [-0.1, -0.05) is 36.4 Å². The van der Waals surface area contributed by atoms with Crippen LogP contribution in [0.2, 0.25) is 0 Å². The highest BCUT2D eigenvalue weighted by Gasteiger charge is 2.54. The highest BCUT2D eigenvalue weighted by molar-refractivity contribution is 6.09. The Bertz CT molecular complexity index is 931. The quantitative estimate of drug-likeness (QED) is 0.494. The van der Waals surface area contributed by atoms with Crippen molar-refractivity contribution in [3.63, 3.8) is 0 Å². The van der Waals surface area contributed by atoms with Crippen LogP contribution in [0.25, 0.3) is 21.5 Å². The molecular weight excluding hydrogens is 276 g/mol. The van der Waals surface area contributed by atoms with Crippen LogP contribution in [0.15, 0.2) is 42.5 Å². The Balaban J connectivity index is 1.92. The Kier molecular flexibility index (Phi) is 2.33. The maximum Gasteiger partial charge on any atom is 0.118 e. The molecule has 3 nitrogen and oxygen atoms in total. The van der Waals surface area contributed by atoms with Gasteiger partial charge in [-0.25, -0.2) is 0 Å². The Morgan fingerprint density at radius 3 is 2.64 bits per heavy atom. The van der Waals surface area contributed by atoms with Gasteiger partial charge in [0.1, 0.15) is 24.4 Å². The van der Waals surface area contributed by atoms with Crippen LogP contribution in [0.5, 0.6) is 0 Å². The third-order valence-electron chi connectivity index (χ3n) is 5.18. The van der Waals surface area contributed by atoms with Gasteiger partial charge in [0.2, 0.25) is 0 Å². The third-order valence-corrected chi connectivity index (χ3v) is 5.18. The second-order valence-electron chi connectivity index (χ2n) is 6.34. The van der Waals surface area contributed by atoms with E-state index in [4.69, 9.17) is 4.74 Å². The highest BCUT2D eigenvalue weighted by atomic mass is 16.6. The molecule has 0 saturated carbocycles. The molecule has 1 heterocycles. The summed E-state index contributed by atoms with van der Waals surface area (Å²) in [4.78, 5) is 0. The molecular formula is C19H16O3. The van der Waals surface area contributed by atoms with E-state index < -0.39 is 12.2 Å². The molecule has 0 bridgehead atoms. The molecule has 1 fully saturated rings. The molecule has 5 rings (SSSR count). The monoisotopic (exact) mass is 292 g/mol. The van der Waals surface area contributed by atoms with Gasteiger partial charge in [-0.3, -0.25) is 0 Å². The van der Waals surface area contributed by atoms with Crippen molar-refractivity contribution in [1.82, 2.24) is 0 Å². The van der Waals surface area contributed by atoms with Gasteiger partial charge in [-0.15, -0.1) is 0 Å². The number of rotatable bonds is 0. The van der Waals surface area contributed by atoms with Crippen LogP contribution in [-0.4, -0.2) is 22.4 Å². The maximum absolute atomic E-state index is 10.5. The Hall–Kier alpha value is -1.94. The molecule has 4 unspecified atom stereocenters. The van der Waals surface area contributed by atoms with Gasteiger partial charge in [-0.2, -0.15) is 0 Å². The van der Waals surface area contributed by atoms with E-state index in [0.29, 0.717) is 0 Å². The van der Waals surface area contributed by atoms with E-state index in [1.165, 1.54) is 16.2 Å². The molecule has 3 aromatic carbocycles. The van der Waals surface area contributed by atoms with Crippen LogP contribution in [0.3, 0.4) is 0 Å². The van der Waals surface area contributed by atoms with E-state index in [-0.39, 0.29) is 12.2 Å². The van der Waals surface area contributed by atoms with Crippen LogP contribution in [0, 0.1) is 6.92 Å². The molecule has 0 aromatic heterocycles. The van der Waals surface area contributed by atoms with E-state index in [1.54, 1.807) is 0 Å². The fraction of sp³-hybridized carbons (Fsp3) is 0.263. The van der Waals surface area contributed by atoms with Gasteiger partial charge in [-0.05, 0) is 51.2 Å². The fourth-order valence-corrected chi connectivity index (χ4v) is 3.99. The molecule has 1 aliphatic carbocycles. The molecule has 0 amide bonds. The summed E-state index contributed by atoms with van der Waals surface area (Å²) in [6.45, 7) is 2.02. The number of ether oxygens (including phenoxy) is 1. The number of hydrogen-bond donors (Lipinski definition) is 2. The number of fused-ring (bicyclic) bond motifs is 6. The molecule has 0 radical (unpaired) electrons. The van der Waals surface area contributed by atoms with Gasteiger partial charge < -0.3 is 14.9 Å². The predicted molar refractivity (Wildman–Crippen MR) is 84.8 cm³/mol. The Morgan fingerprint density at radius 2 is 1.77 bits per heavy atom. The van der Waals surface area contributed by atoms with Crippen LogP contribution in [0.1, 0.15) is 28.9 Å². The van der Waals surface area contributed by atoms with E-state index in [0.717, 1.165) is 22.1 Å². The lowest BCUT2D eigenvalue weighted by atomic mass is 9.81. The Labute approximate surface area is 127 Å². The minimum absolute atomic E-state index is 0.0736. The predicted octanol–water partition coefficient (Wildman–Crippen LogP) is 3.15. The Morgan fingerprint density at radius 1 is 0.955 bits per heavy atom. The standard InChI is InChI=1S/C19H16O3/c1-9-11-7-6-10-4-2-3-5-12(10)13(11)8-14-15(9)16(20)17(21)19-18(14)22-19/h2-8,16-21H,1H3. The lowest BCUT2D eigenvalue weighted by molar-refractivity contribution is -0.000258. The summed E-state index contributed by atoms with van der Waals surface area (Å²) in [5, 5.41) is 25.3. The first-order valence-corrected chi connectivity index (χ1v) is 7.63. The average Bonchev–Trinajstić information content (AvgIpc) is 3.33. The summed E-state index contributed by atoms with van der Waals surface area (Å²) in [5.41, 5.74) is 2.91. The first-order chi connectivity index (χ1) is 10.7. The van der Waals surface area contributed by atoms with Crippen molar-refractivity contribution in [3.8, 4) is 0 Å². The SMILES string of the molecule is Cc1c2c(cc3c1ccc1ccccc13)C1OC1C(O)C2O. The fourth-order valence-electron chi connectivity index (χ4n) is 3.99. The minimum atomic E-state index is -0.866. The van der Waals surface area contributed by atoms with Crippen LogP contribution in [0.4, 0.5) is 0 Å². The van der Waals surface area contributed by atoms with Gasteiger partial charge in [0.15, 0.2) is 0 Å². The zero-order chi connectivity index (χ0) is 15.0. The summed E-state index contributed by atoms with van der Waals surface area (Å²) in [6.07, 6.45) is -2.02. The normalized spacial score (nSPS) is 29.4. The van der Waals surface area contributed by atoms with Crippen LogP contribution < -0.4 is 0 Å². The molecule has 0 spiro atoms. The molecule has 1 saturated heterocycles. The minimum Gasteiger partial charge on any atom is -0.387 e. The summed E-state index contributed by atoms with van der Waals surface area (Å²) in [5.74, 6) is 0. The van der Waals surface area contributed by atoms with Crippen LogP contribution >= 0.6 is 0 Å². The van der Waals surface area contributed by atoms with Gasteiger partial charge in [0.05, 0.1) is 0 Å². The molecule has 22 heavy (non-hydrogen) atoms. The summed E-state index contributed by atoms with van der Waals surface area (Å²) in [7, 11) is 0. The summed E-state index contributed by atoms with van der Waals surface area (Å²) < 4.78 is 5.59. The lowest BCUT2D eigenvalue weighted by Crippen LogP contribution is -2.29. The van der Waals surface area contributed by atoms with Crippen molar-refractivity contribution in [1.29, 1.82) is 0 Å². The van der Waals surface area contributed by atoms with Crippen molar-refractivity contribution < 1.29 is 14.9 Å². The van der Waals surface area contributed by atoms with Crippen molar-refractivity contribution in [2.24, 2.45) is 0 Å². The molecule has 2 aliphatic rings. The van der Waals surface area contributed by atoms with Gasteiger partial charge in [0, 0.05) is 0 Å². The molecule has 4 atom stereocenters. The third kappa shape index (κ3) is 1.46. The highest BCUT2D eigenvalue weighted by Crippen LogP contribution is 2.53. The second kappa shape index (κ2) is 4.07. The summed E-state index contributed by atoms with van der Waals surface area (Å²) in [6, 6.07) is 14.7. The molecule has 110 valence electrons. The van der Waals surface area contributed by atoms with Crippen molar-refractivity contribution in [3.05, 3.63) is 59.2 Å². The first-order valence-electron chi connectivity index (χ1n) is 7.63. The van der Waals surface area contributed by atoms with Crippen molar-refractivity contribution in [2.45, 2.75) is 31.3 Å². The average molecular weight is 292 g/mol. The number of aryl methyl sites for hydroxylation is 1. The molecule has 2 N–H and O–H groups in total. The van der Waals surface area contributed by atoms with E-state index in [9.17, 15) is 10.2 Å². The largest absolute Gasteiger partial charge is 0.387 e. The number of epoxide rings is 1.